The van der Waals surface area contributed by atoms with E-state index in [2.05, 4.69) is 5.10 Å². The zero-order valence-electron chi connectivity index (χ0n) is 13.6. The summed E-state index contributed by atoms with van der Waals surface area (Å²) in [4.78, 5) is 13.0. The molecule has 3 aromatic carbocycles. The molecule has 0 saturated carbocycles. The minimum Gasteiger partial charge on any atom is -0.246 e. The van der Waals surface area contributed by atoms with E-state index in [0.717, 1.165) is 16.8 Å². The molecule has 0 saturated heterocycles. The molecule has 122 valence electrons. The molecule has 4 heteroatoms. The summed E-state index contributed by atoms with van der Waals surface area (Å²) in [6.07, 6.45) is 0. The van der Waals surface area contributed by atoms with E-state index in [4.69, 9.17) is 0 Å². The lowest BCUT2D eigenvalue weighted by atomic mass is 10.2. The first-order valence-corrected chi connectivity index (χ1v) is 8.17. The lowest BCUT2D eigenvalue weighted by Gasteiger charge is -2.05. The first-order chi connectivity index (χ1) is 12.3. The maximum absolute atomic E-state index is 13.0. The molecule has 0 aliphatic heterocycles. The van der Waals surface area contributed by atoms with Crippen molar-refractivity contribution in [1.29, 1.82) is 0 Å². The quantitative estimate of drug-likeness (QED) is 0.573. The Kier molecular flexibility index (Phi) is 4.01. The molecule has 1 heterocycles. The zero-order valence-corrected chi connectivity index (χ0v) is 13.6. The lowest BCUT2D eigenvalue weighted by Crippen LogP contribution is -2.24. The van der Waals surface area contributed by atoms with E-state index in [1.807, 2.05) is 91.0 Å². The SMILES string of the molecule is O=c1n(Cc2ccccc2)nc(-c2ccccc2)n1-c1ccccc1. The number of nitrogens with zero attached hydrogens (tertiary/aromatic N) is 3. The molecule has 0 fully saturated rings. The number of para-hydroxylation sites is 1. The molecule has 0 amide bonds. The van der Waals surface area contributed by atoms with E-state index >= 15 is 0 Å². The topological polar surface area (TPSA) is 39.8 Å². The molecular weight excluding hydrogens is 310 g/mol. The summed E-state index contributed by atoms with van der Waals surface area (Å²) in [6, 6.07) is 29.3. The maximum Gasteiger partial charge on any atom is 0.351 e. The highest BCUT2D eigenvalue weighted by molar-refractivity contribution is 5.57. The zero-order chi connectivity index (χ0) is 17.1. The predicted molar refractivity (Wildman–Crippen MR) is 98.8 cm³/mol. The fraction of sp³-hybridized carbons (Fsp3) is 0.0476. The van der Waals surface area contributed by atoms with Crippen molar-refractivity contribution in [1.82, 2.24) is 14.3 Å². The fourth-order valence-corrected chi connectivity index (χ4v) is 2.85. The van der Waals surface area contributed by atoms with Crippen LogP contribution in [0.25, 0.3) is 17.1 Å². The second-order valence-corrected chi connectivity index (χ2v) is 5.79. The van der Waals surface area contributed by atoms with E-state index in [1.165, 1.54) is 4.68 Å². The van der Waals surface area contributed by atoms with Crippen LogP contribution in [0.4, 0.5) is 0 Å². The van der Waals surface area contributed by atoms with E-state index in [1.54, 1.807) is 4.57 Å². The Hall–Kier alpha value is -3.40. The van der Waals surface area contributed by atoms with Gasteiger partial charge in [0.1, 0.15) is 0 Å². The molecule has 0 N–H and O–H groups in total. The van der Waals surface area contributed by atoms with Crippen molar-refractivity contribution in [2.45, 2.75) is 6.54 Å². The largest absolute Gasteiger partial charge is 0.351 e. The van der Waals surface area contributed by atoms with Crippen LogP contribution in [0, 0.1) is 0 Å². The van der Waals surface area contributed by atoms with Crippen LogP contribution in [0.1, 0.15) is 5.56 Å². The highest BCUT2D eigenvalue weighted by atomic mass is 16.2. The van der Waals surface area contributed by atoms with Crippen molar-refractivity contribution < 1.29 is 0 Å². The number of hydrogen-bond acceptors (Lipinski definition) is 2. The number of hydrogen-bond donors (Lipinski definition) is 0. The van der Waals surface area contributed by atoms with Gasteiger partial charge in [0.15, 0.2) is 5.82 Å². The second kappa shape index (κ2) is 6.61. The van der Waals surface area contributed by atoms with Crippen LogP contribution in [-0.4, -0.2) is 14.3 Å². The molecule has 4 aromatic rings. The van der Waals surface area contributed by atoms with Gasteiger partial charge in [0.2, 0.25) is 0 Å². The fourth-order valence-electron chi connectivity index (χ4n) is 2.85. The van der Waals surface area contributed by atoms with Gasteiger partial charge in [-0.2, -0.15) is 0 Å². The Balaban J connectivity index is 1.88. The molecule has 4 rings (SSSR count). The number of benzene rings is 3. The average molecular weight is 327 g/mol. The molecular formula is C21H17N3O. The first-order valence-electron chi connectivity index (χ1n) is 8.17. The lowest BCUT2D eigenvalue weighted by molar-refractivity contribution is 0.654. The highest BCUT2D eigenvalue weighted by Gasteiger charge is 2.16. The minimum absolute atomic E-state index is 0.145. The third-order valence-corrected chi connectivity index (χ3v) is 4.06. The monoisotopic (exact) mass is 327 g/mol. The Morgan fingerprint density at radius 2 is 1.28 bits per heavy atom. The van der Waals surface area contributed by atoms with Crippen LogP contribution in [0.5, 0.6) is 0 Å². The van der Waals surface area contributed by atoms with Crippen molar-refractivity contribution in [2.75, 3.05) is 0 Å². The van der Waals surface area contributed by atoms with E-state index < -0.39 is 0 Å². The second-order valence-electron chi connectivity index (χ2n) is 5.79. The van der Waals surface area contributed by atoms with Crippen LogP contribution < -0.4 is 5.69 Å². The smallest absolute Gasteiger partial charge is 0.246 e. The maximum atomic E-state index is 13.0. The van der Waals surface area contributed by atoms with Gasteiger partial charge < -0.3 is 0 Å². The minimum atomic E-state index is -0.145. The van der Waals surface area contributed by atoms with Gasteiger partial charge in [0.05, 0.1) is 12.2 Å². The molecule has 0 radical (unpaired) electrons. The molecule has 0 unspecified atom stereocenters. The molecule has 0 aliphatic carbocycles. The Morgan fingerprint density at radius 3 is 1.92 bits per heavy atom. The first kappa shape index (κ1) is 15.1. The molecule has 0 atom stereocenters. The molecule has 0 bridgehead atoms. The Morgan fingerprint density at radius 1 is 0.720 bits per heavy atom. The predicted octanol–water partition coefficient (Wildman–Crippen LogP) is 3.75. The van der Waals surface area contributed by atoms with Crippen LogP contribution in [0.2, 0.25) is 0 Å². The molecule has 0 spiro atoms. The summed E-state index contributed by atoms with van der Waals surface area (Å²) < 4.78 is 3.18. The average Bonchev–Trinajstić information content (AvgIpc) is 3.00. The summed E-state index contributed by atoms with van der Waals surface area (Å²) in [6.45, 7) is 0.444. The molecule has 4 nitrogen and oxygen atoms in total. The van der Waals surface area contributed by atoms with Gasteiger partial charge >= 0.3 is 5.69 Å². The third kappa shape index (κ3) is 3.02. The van der Waals surface area contributed by atoms with Crippen LogP contribution in [0.3, 0.4) is 0 Å². The van der Waals surface area contributed by atoms with Crippen molar-refractivity contribution in [2.24, 2.45) is 0 Å². The van der Waals surface area contributed by atoms with Crippen LogP contribution in [0.15, 0.2) is 95.8 Å². The van der Waals surface area contributed by atoms with Crippen LogP contribution >= 0.6 is 0 Å². The summed E-state index contributed by atoms with van der Waals surface area (Å²) in [7, 11) is 0. The standard InChI is InChI=1S/C21H17N3O/c25-21-23(16-17-10-4-1-5-11-17)22-20(18-12-6-2-7-13-18)24(21)19-14-8-3-9-15-19/h1-15H,16H2. The van der Waals surface area contributed by atoms with Gasteiger partial charge in [-0.25, -0.2) is 14.0 Å². The molecule has 0 aliphatic rings. The van der Waals surface area contributed by atoms with Crippen LogP contribution in [-0.2, 0) is 6.54 Å². The van der Waals surface area contributed by atoms with Gasteiger partial charge in [-0.3, -0.25) is 0 Å². The molecule has 25 heavy (non-hydrogen) atoms. The van der Waals surface area contributed by atoms with Crippen molar-refractivity contribution in [3.63, 3.8) is 0 Å². The summed E-state index contributed by atoms with van der Waals surface area (Å²) in [5.41, 5.74) is 2.62. The Bertz CT molecular complexity index is 1020. The van der Waals surface area contributed by atoms with E-state index in [-0.39, 0.29) is 5.69 Å². The molecule has 1 aromatic heterocycles. The van der Waals surface area contributed by atoms with Gasteiger partial charge in [0, 0.05) is 5.56 Å². The summed E-state index contributed by atoms with van der Waals surface area (Å²) in [5, 5.41) is 4.62. The summed E-state index contributed by atoms with van der Waals surface area (Å²) >= 11 is 0. The number of aromatic nitrogens is 3. The Labute approximate surface area is 145 Å². The van der Waals surface area contributed by atoms with Crippen molar-refractivity contribution in [3.8, 4) is 17.1 Å². The highest BCUT2D eigenvalue weighted by Crippen LogP contribution is 2.19. The normalized spacial score (nSPS) is 10.7. The van der Waals surface area contributed by atoms with E-state index in [0.29, 0.717) is 12.4 Å². The van der Waals surface area contributed by atoms with Gasteiger partial charge in [-0.05, 0) is 17.7 Å². The van der Waals surface area contributed by atoms with Crippen molar-refractivity contribution in [3.05, 3.63) is 107 Å². The number of rotatable bonds is 4. The summed E-state index contributed by atoms with van der Waals surface area (Å²) in [5.74, 6) is 0.646. The van der Waals surface area contributed by atoms with Gasteiger partial charge in [-0.1, -0.05) is 78.9 Å². The third-order valence-electron chi connectivity index (χ3n) is 4.06. The van der Waals surface area contributed by atoms with Gasteiger partial charge in [0.25, 0.3) is 0 Å². The van der Waals surface area contributed by atoms with E-state index in [9.17, 15) is 4.79 Å². The van der Waals surface area contributed by atoms with Crippen molar-refractivity contribution >= 4 is 0 Å². The van der Waals surface area contributed by atoms with Gasteiger partial charge in [-0.15, -0.1) is 5.10 Å².